The summed E-state index contributed by atoms with van der Waals surface area (Å²) in [4.78, 5) is 30.2. The van der Waals surface area contributed by atoms with Crippen molar-refractivity contribution in [1.29, 1.82) is 0 Å². The Balaban J connectivity index is 0.00000165. The lowest BCUT2D eigenvalue weighted by molar-refractivity contribution is 0.0720. The third-order valence-electron chi connectivity index (χ3n) is 8.51. The quantitative estimate of drug-likeness (QED) is 0.383. The Morgan fingerprint density at radius 2 is 1.63 bits per heavy atom. The van der Waals surface area contributed by atoms with Gasteiger partial charge in [-0.25, -0.2) is 4.79 Å². The third kappa shape index (κ3) is 6.63. The second-order valence-corrected chi connectivity index (χ2v) is 11.0. The van der Waals surface area contributed by atoms with Crippen LogP contribution in [-0.2, 0) is 17.8 Å². The minimum absolute atomic E-state index is 0.00125. The molecule has 1 aliphatic carbocycles. The normalized spacial score (nSPS) is 21.5. The number of amides is 2. The predicted molar refractivity (Wildman–Crippen MR) is 162 cm³/mol. The first-order valence-corrected chi connectivity index (χ1v) is 14.9. The number of fused-ring (bicyclic) bond motifs is 2. The molecule has 41 heavy (non-hydrogen) atoms. The number of likely N-dealkylation sites (tertiary alicyclic amines) is 1. The van der Waals surface area contributed by atoms with Crippen LogP contribution >= 0.6 is 0 Å². The summed E-state index contributed by atoms with van der Waals surface area (Å²) in [7, 11) is 0. The van der Waals surface area contributed by atoms with Crippen molar-refractivity contribution in [3.05, 3.63) is 89.5 Å². The SMILES string of the molecule is CC.O=C(Nc1ccccc1-c1ccccc1)OC1C[C@@H]2CN(CCN3CCc4cc(CO)ccc4C3=O)C[C@@H]2C1. The van der Waals surface area contributed by atoms with Gasteiger partial charge in [-0.15, -0.1) is 0 Å². The Morgan fingerprint density at radius 1 is 0.927 bits per heavy atom. The number of anilines is 1. The lowest BCUT2D eigenvalue weighted by Crippen LogP contribution is -2.42. The number of carbonyl (C=O) groups excluding carboxylic acids is 2. The van der Waals surface area contributed by atoms with E-state index >= 15 is 0 Å². The highest BCUT2D eigenvalue weighted by atomic mass is 16.6. The number of aliphatic hydroxyl groups excluding tert-OH is 1. The van der Waals surface area contributed by atoms with E-state index in [1.807, 2.05) is 91.5 Å². The molecule has 3 aromatic rings. The molecule has 2 aliphatic heterocycles. The van der Waals surface area contributed by atoms with Gasteiger partial charge in [0, 0.05) is 43.9 Å². The van der Waals surface area contributed by atoms with Crippen LogP contribution in [0.2, 0.25) is 0 Å². The summed E-state index contributed by atoms with van der Waals surface area (Å²) in [5.41, 5.74) is 5.44. The maximum absolute atomic E-state index is 13.0. The van der Waals surface area contributed by atoms with Crippen LogP contribution < -0.4 is 5.32 Å². The van der Waals surface area contributed by atoms with Gasteiger partial charge in [0.15, 0.2) is 0 Å². The number of aliphatic hydroxyl groups is 1. The Kier molecular flexibility index (Phi) is 9.37. The molecule has 216 valence electrons. The number of rotatable bonds is 7. The molecule has 2 N–H and O–H groups in total. The number of nitrogens with zero attached hydrogens (tertiary/aromatic N) is 2. The van der Waals surface area contributed by atoms with E-state index in [4.69, 9.17) is 4.74 Å². The van der Waals surface area contributed by atoms with Crippen molar-refractivity contribution in [2.45, 2.75) is 45.8 Å². The highest BCUT2D eigenvalue weighted by molar-refractivity contribution is 5.96. The summed E-state index contributed by atoms with van der Waals surface area (Å²) in [5, 5.41) is 12.3. The first-order chi connectivity index (χ1) is 20.1. The first kappa shape index (κ1) is 28.8. The van der Waals surface area contributed by atoms with Crippen molar-refractivity contribution >= 4 is 17.7 Å². The van der Waals surface area contributed by atoms with E-state index in [0.29, 0.717) is 11.8 Å². The molecule has 2 fully saturated rings. The zero-order chi connectivity index (χ0) is 28.8. The summed E-state index contributed by atoms with van der Waals surface area (Å²) in [6.45, 7) is 8.29. The molecular weight excluding hydrogens is 514 g/mol. The van der Waals surface area contributed by atoms with Crippen LogP contribution in [-0.4, -0.2) is 65.7 Å². The molecule has 1 saturated carbocycles. The third-order valence-corrected chi connectivity index (χ3v) is 8.51. The summed E-state index contributed by atoms with van der Waals surface area (Å²) in [6, 6.07) is 23.5. The van der Waals surface area contributed by atoms with Crippen LogP contribution in [0.4, 0.5) is 10.5 Å². The van der Waals surface area contributed by atoms with Gasteiger partial charge in [-0.2, -0.15) is 0 Å². The second kappa shape index (κ2) is 13.3. The van der Waals surface area contributed by atoms with Crippen molar-refractivity contribution in [1.82, 2.24) is 9.80 Å². The monoisotopic (exact) mass is 555 g/mol. The molecule has 3 aliphatic rings. The Bertz CT molecular complexity index is 1330. The standard InChI is InChI=1S/C32H35N3O4.C2H6/c36-21-22-10-11-29-24(16-22)12-13-35(31(29)37)15-14-34-19-25-17-27(18-26(25)20-34)39-32(38)33-30-9-5-4-8-28(30)23-6-2-1-3-7-23;1-2/h1-11,16,25-27,36H,12-15,17-21H2,(H,33,38);1-2H3/t25-,26+,27?;. The maximum Gasteiger partial charge on any atom is 0.411 e. The maximum atomic E-state index is 13.0. The van der Waals surface area contributed by atoms with Crippen molar-refractivity contribution in [3.63, 3.8) is 0 Å². The fraction of sp³-hybridized carbons (Fsp3) is 0.412. The van der Waals surface area contributed by atoms with Crippen LogP contribution in [0.25, 0.3) is 11.1 Å². The molecule has 2 amide bonds. The Labute approximate surface area is 243 Å². The molecule has 3 atom stereocenters. The predicted octanol–water partition coefficient (Wildman–Crippen LogP) is 5.83. The highest BCUT2D eigenvalue weighted by Crippen LogP contribution is 2.39. The van der Waals surface area contributed by atoms with E-state index in [-0.39, 0.29) is 18.6 Å². The first-order valence-electron chi connectivity index (χ1n) is 14.9. The topological polar surface area (TPSA) is 82.1 Å². The number of hydrogen-bond donors (Lipinski definition) is 2. The summed E-state index contributed by atoms with van der Waals surface area (Å²) in [5.74, 6) is 1.14. The lowest BCUT2D eigenvalue weighted by atomic mass is 9.97. The summed E-state index contributed by atoms with van der Waals surface area (Å²) in [6.07, 6.45) is 2.15. The van der Waals surface area contributed by atoms with E-state index in [9.17, 15) is 14.7 Å². The fourth-order valence-corrected chi connectivity index (χ4v) is 6.54. The van der Waals surface area contributed by atoms with Gasteiger partial charge in [0.05, 0.1) is 12.3 Å². The second-order valence-electron chi connectivity index (χ2n) is 11.0. The van der Waals surface area contributed by atoms with Crippen LogP contribution in [0.1, 0.15) is 48.2 Å². The molecule has 3 aromatic carbocycles. The Morgan fingerprint density at radius 3 is 2.37 bits per heavy atom. The molecule has 2 heterocycles. The van der Waals surface area contributed by atoms with Crippen molar-refractivity contribution in [3.8, 4) is 11.1 Å². The minimum Gasteiger partial charge on any atom is -0.446 e. The van der Waals surface area contributed by atoms with Gasteiger partial charge in [-0.1, -0.05) is 74.5 Å². The van der Waals surface area contributed by atoms with E-state index < -0.39 is 6.09 Å². The molecule has 1 saturated heterocycles. The summed E-state index contributed by atoms with van der Waals surface area (Å²) < 4.78 is 5.86. The molecule has 6 rings (SSSR count). The number of hydrogen-bond acceptors (Lipinski definition) is 5. The van der Waals surface area contributed by atoms with Crippen LogP contribution in [0.5, 0.6) is 0 Å². The largest absolute Gasteiger partial charge is 0.446 e. The van der Waals surface area contributed by atoms with Gasteiger partial charge in [-0.3, -0.25) is 10.1 Å². The van der Waals surface area contributed by atoms with E-state index in [1.54, 1.807) is 0 Å². The molecule has 0 bridgehead atoms. The molecule has 7 heteroatoms. The smallest absolute Gasteiger partial charge is 0.411 e. The highest BCUT2D eigenvalue weighted by Gasteiger charge is 2.42. The average molecular weight is 556 g/mol. The van der Waals surface area contributed by atoms with Crippen molar-refractivity contribution in [2.24, 2.45) is 11.8 Å². The molecule has 7 nitrogen and oxygen atoms in total. The molecular formula is C34H41N3O4. The Hall–Kier alpha value is -3.68. The van der Waals surface area contributed by atoms with Gasteiger partial charge < -0.3 is 19.6 Å². The van der Waals surface area contributed by atoms with E-state index in [1.165, 1.54) is 0 Å². The average Bonchev–Trinajstić information content (AvgIpc) is 3.56. The minimum atomic E-state index is -0.393. The van der Waals surface area contributed by atoms with Crippen molar-refractivity contribution in [2.75, 3.05) is 38.0 Å². The summed E-state index contributed by atoms with van der Waals surface area (Å²) >= 11 is 0. The number of ether oxygens (including phenoxy) is 1. The molecule has 0 radical (unpaired) electrons. The van der Waals surface area contributed by atoms with E-state index in [0.717, 1.165) is 85.5 Å². The number of benzene rings is 3. The fourth-order valence-electron chi connectivity index (χ4n) is 6.54. The zero-order valence-corrected chi connectivity index (χ0v) is 24.1. The van der Waals surface area contributed by atoms with Gasteiger partial charge in [-0.05, 0) is 59.9 Å². The zero-order valence-electron chi connectivity index (χ0n) is 24.1. The number of para-hydroxylation sites is 1. The molecule has 0 spiro atoms. The number of carbonyl (C=O) groups is 2. The molecule has 0 aromatic heterocycles. The van der Waals surface area contributed by atoms with Crippen LogP contribution in [0.15, 0.2) is 72.8 Å². The van der Waals surface area contributed by atoms with Crippen LogP contribution in [0, 0.1) is 11.8 Å². The van der Waals surface area contributed by atoms with E-state index in [2.05, 4.69) is 10.2 Å². The number of nitrogens with one attached hydrogen (secondary N) is 1. The lowest BCUT2D eigenvalue weighted by Gasteiger charge is -2.30. The van der Waals surface area contributed by atoms with Crippen molar-refractivity contribution < 1.29 is 19.4 Å². The van der Waals surface area contributed by atoms with Gasteiger partial charge in [0.1, 0.15) is 6.10 Å². The molecule has 1 unspecified atom stereocenters. The van der Waals surface area contributed by atoms with Crippen LogP contribution in [0.3, 0.4) is 0 Å². The van der Waals surface area contributed by atoms with Gasteiger partial charge in [0.25, 0.3) is 5.91 Å². The van der Waals surface area contributed by atoms with Gasteiger partial charge >= 0.3 is 6.09 Å². The van der Waals surface area contributed by atoms with Gasteiger partial charge in [0.2, 0.25) is 0 Å².